The van der Waals surface area contributed by atoms with Crippen LogP contribution < -0.4 is 5.32 Å². The van der Waals surface area contributed by atoms with E-state index in [1.54, 1.807) is 0 Å². The van der Waals surface area contributed by atoms with Gasteiger partial charge in [0.25, 0.3) is 0 Å². The van der Waals surface area contributed by atoms with E-state index in [1.807, 2.05) is 18.2 Å². The van der Waals surface area contributed by atoms with E-state index in [2.05, 4.69) is 39.1 Å². The number of piperidine rings is 1. The molecule has 2 N–H and O–H groups in total. The quantitative estimate of drug-likeness (QED) is 0.872. The molecule has 1 saturated heterocycles. The lowest BCUT2D eigenvalue weighted by Crippen LogP contribution is -2.51. The fraction of sp³-hybridized carbons (Fsp3) is 0.600. The second kappa shape index (κ2) is 6.73. The zero-order valence-corrected chi connectivity index (χ0v) is 13.1. The summed E-state index contributed by atoms with van der Waals surface area (Å²) in [7, 11) is 0. The van der Waals surface area contributed by atoms with Crippen molar-refractivity contribution < 1.29 is 5.11 Å². The largest absolute Gasteiger partial charge is 0.394 e. The van der Waals surface area contributed by atoms with Crippen LogP contribution in [0.3, 0.4) is 0 Å². The molecule has 1 fully saturated rings. The molecule has 0 aliphatic carbocycles. The minimum Gasteiger partial charge on any atom is -0.394 e. The molecule has 0 radical (unpaired) electrons. The fourth-order valence-corrected chi connectivity index (χ4v) is 3.08. The number of aliphatic hydroxyl groups is 1. The fourth-order valence-electron chi connectivity index (χ4n) is 2.69. The minimum atomic E-state index is -0.173. The average molecular weight is 327 g/mol. The van der Waals surface area contributed by atoms with Crippen molar-refractivity contribution in [2.24, 2.45) is 0 Å². The SMILES string of the molecule is CCCN1CCC(CO)(Nc2ccccc2Br)CC1. The number of likely N-dealkylation sites (tertiary alicyclic amines) is 1. The van der Waals surface area contributed by atoms with Gasteiger partial charge in [0.1, 0.15) is 0 Å². The Balaban J connectivity index is 2.02. The third-order valence-electron chi connectivity index (χ3n) is 3.93. The van der Waals surface area contributed by atoms with Crippen LogP contribution in [0.2, 0.25) is 0 Å². The van der Waals surface area contributed by atoms with Crippen LogP contribution in [0.4, 0.5) is 5.69 Å². The Kier molecular flexibility index (Phi) is 5.25. The Morgan fingerprint density at radius 2 is 2.00 bits per heavy atom. The van der Waals surface area contributed by atoms with Gasteiger partial charge in [0, 0.05) is 23.2 Å². The number of anilines is 1. The summed E-state index contributed by atoms with van der Waals surface area (Å²) in [6, 6.07) is 8.11. The normalized spacial score (nSPS) is 19.3. The third kappa shape index (κ3) is 3.71. The number of benzene rings is 1. The van der Waals surface area contributed by atoms with E-state index in [0.717, 1.165) is 42.6 Å². The number of nitrogens with one attached hydrogen (secondary N) is 1. The molecule has 4 heteroatoms. The predicted molar refractivity (Wildman–Crippen MR) is 83.5 cm³/mol. The maximum absolute atomic E-state index is 9.81. The summed E-state index contributed by atoms with van der Waals surface area (Å²) in [5.74, 6) is 0. The Morgan fingerprint density at radius 3 is 2.58 bits per heavy atom. The maximum atomic E-state index is 9.81. The lowest BCUT2D eigenvalue weighted by Gasteiger charge is -2.42. The first-order valence-corrected chi connectivity index (χ1v) is 7.84. The summed E-state index contributed by atoms with van der Waals surface area (Å²) in [5, 5.41) is 13.4. The van der Waals surface area contributed by atoms with Crippen molar-refractivity contribution in [2.75, 3.05) is 31.6 Å². The smallest absolute Gasteiger partial charge is 0.0662 e. The lowest BCUT2D eigenvalue weighted by atomic mass is 9.88. The van der Waals surface area contributed by atoms with Crippen molar-refractivity contribution in [2.45, 2.75) is 31.7 Å². The van der Waals surface area contributed by atoms with Crippen LogP contribution in [0.25, 0.3) is 0 Å². The van der Waals surface area contributed by atoms with Crippen molar-refractivity contribution in [1.29, 1.82) is 0 Å². The number of rotatable bonds is 5. The first-order valence-electron chi connectivity index (χ1n) is 7.05. The van der Waals surface area contributed by atoms with E-state index >= 15 is 0 Å². The number of nitrogens with zero attached hydrogens (tertiary/aromatic N) is 1. The molecule has 1 aliphatic rings. The standard InChI is InChI=1S/C15H23BrN2O/c1-2-9-18-10-7-15(12-19,8-11-18)17-14-6-4-3-5-13(14)16/h3-6,17,19H,2,7-12H2,1H3. The maximum Gasteiger partial charge on any atom is 0.0662 e. The van der Waals surface area contributed by atoms with Crippen LogP contribution >= 0.6 is 15.9 Å². The van der Waals surface area contributed by atoms with Crippen molar-refractivity contribution in [3.05, 3.63) is 28.7 Å². The zero-order chi connectivity index (χ0) is 13.7. The highest BCUT2D eigenvalue weighted by molar-refractivity contribution is 9.10. The Labute approximate surface area is 124 Å². The molecule has 1 aromatic carbocycles. The summed E-state index contributed by atoms with van der Waals surface area (Å²) in [5.41, 5.74) is 0.897. The van der Waals surface area contributed by atoms with Crippen LogP contribution in [0.5, 0.6) is 0 Å². The molecule has 0 saturated carbocycles. The highest BCUT2D eigenvalue weighted by Gasteiger charge is 2.33. The second-order valence-corrected chi connectivity index (χ2v) is 6.24. The van der Waals surface area contributed by atoms with Gasteiger partial charge in [-0.05, 0) is 53.9 Å². The van der Waals surface area contributed by atoms with Gasteiger partial charge in [-0.3, -0.25) is 0 Å². The number of hydrogen-bond donors (Lipinski definition) is 2. The average Bonchev–Trinajstić information content (AvgIpc) is 2.44. The van der Waals surface area contributed by atoms with E-state index in [4.69, 9.17) is 0 Å². The molecule has 19 heavy (non-hydrogen) atoms. The topological polar surface area (TPSA) is 35.5 Å². The van der Waals surface area contributed by atoms with Crippen LogP contribution in [0.1, 0.15) is 26.2 Å². The molecule has 1 aliphatic heterocycles. The molecule has 0 atom stereocenters. The minimum absolute atomic E-state index is 0.173. The van der Waals surface area contributed by atoms with Crippen molar-refractivity contribution >= 4 is 21.6 Å². The van der Waals surface area contributed by atoms with Gasteiger partial charge in [-0.2, -0.15) is 0 Å². The van der Waals surface area contributed by atoms with Gasteiger partial charge in [-0.15, -0.1) is 0 Å². The molecular formula is C15H23BrN2O. The predicted octanol–water partition coefficient (Wildman–Crippen LogP) is 3.10. The Morgan fingerprint density at radius 1 is 1.32 bits per heavy atom. The summed E-state index contributed by atoms with van der Waals surface area (Å²) < 4.78 is 1.05. The van der Waals surface area contributed by atoms with Gasteiger partial charge in [0.15, 0.2) is 0 Å². The van der Waals surface area contributed by atoms with Gasteiger partial charge >= 0.3 is 0 Å². The molecule has 1 aromatic rings. The molecule has 0 unspecified atom stereocenters. The van der Waals surface area contributed by atoms with Crippen molar-refractivity contribution in [3.63, 3.8) is 0 Å². The molecule has 0 aromatic heterocycles. The van der Waals surface area contributed by atoms with E-state index in [9.17, 15) is 5.11 Å². The molecule has 0 bridgehead atoms. The van der Waals surface area contributed by atoms with E-state index in [-0.39, 0.29) is 12.1 Å². The summed E-state index contributed by atoms with van der Waals surface area (Å²) in [4.78, 5) is 2.48. The van der Waals surface area contributed by atoms with Crippen LogP contribution in [-0.2, 0) is 0 Å². The van der Waals surface area contributed by atoms with Crippen LogP contribution in [-0.4, -0.2) is 41.8 Å². The Hall–Kier alpha value is -0.580. The first-order chi connectivity index (χ1) is 9.19. The molecule has 0 spiro atoms. The summed E-state index contributed by atoms with van der Waals surface area (Å²) in [6.45, 7) is 5.69. The van der Waals surface area contributed by atoms with E-state index < -0.39 is 0 Å². The molecule has 3 nitrogen and oxygen atoms in total. The van der Waals surface area contributed by atoms with Gasteiger partial charge in [-0.1, -0.05) is 19.1 Å². The molecular weight excluding hydrogens is 304 g/mol. The molecule has 0 amide bonds. The second-order valence-electron chi connectivity index (χ2n) is 5.38. The monoisotopic (exact) mass is 326 g/mol. The van der Waals surface area contributed by atoms with Crippen molar-refractivity contribution in [1.82, 2.24) is 4.90 Å². The number of aliphatic hydroxyl groups excluding tert-OH is 1. The first kappa shape index (κ1) is 14.8. The summed E-state index contributed by atoms with van der Waals surface area (Å²) in [6.07, 6.45) is 3.18. The number of para-hydroxylation sites is 1. The van der Waals surface area contributed by atoms with E-state index in [1.165, 1.54) is 6.42 Å². The van der Waals surface area contributed by atoms with Crippen LogP contribution in [0.15, 0.2) is 28.7 Å². The Bertz CT molecular complexity index is 403. The van der Waals surface area contributed by atoms with Crippen molar-refractivity contribution in [3.8, 4) is 0 Å². The highest BCUT2D eigenvalue weighted by atomic mass is 79.9. The van der Waals surface area contributed by atoms with E-state index in [0.29, 0.717) is 0 Å². The number of hydrogen-bond acceptors (Lipinski definition) is 3. The van der Waals surface area contributed by atoms with Gasteiger partial charge in [0.05, 0.1) is 12.1 Å². The zero-order valence-electron chi connectivity index (χ0n) is 11.5. The highest BCUT2D eigenvalue weighted by Crippen LogP contribution is 2.30. The molecule has 2 rings (SSSR count). The lowest BCUT2D eigenvalue weighted by molar-refractivity contribution is 0.119. The third-order valence-corrected chi connectivity index (χ3v) is 4.62. The van der Waals surface area contributed by atoms with Gasteiger partial charge < -0.3 is 15.3 Å². The molecule has 106 valence electrons. The van der Waals surface area contributed by atoms with Gasteiger partial charge in [-0.25, -0.2) is 0 Å². The molecule has 1 heterocycles. The number of halogens is 1. The summed E-state index contributed by atoms with van der Waals surface area (Å²) >= 11 is 3.56. The van der Waals surface area contributed by atoms with Crippen LogP contribution in [0, 0.1) is 0 Å². The van der Waals surface area contributed by atoms with Gasteiger partial charge in [0.2, 0.25) is 0 Å².